The van der Waals surface area contributed by atoms with Crippen molar-refractivity contribution in [3.8, 4) is 0 Å². The van der Waals surface area contributed by atoms with E-state index in [1.54, 1.807) is 0 Å². The molecule has 19 heavy (non-hydrogen) atoms. The summed E-state index contributed by atoms with van der Waals surface area (Å²) in [5.41, 5.74) is 2.76. The Morgan fingerprint density at radius 1 is 1.42 bits per heavy atom. The quantitative estimate of drug-likeness (QED) is 0.871. The smallest absolute Gasteiger partial charge is 0.0230 e. The maximum atomic E-state index is 3.49. The van der Waals surface area contributed by atoms with Crippen molar-refractivity contribution in [2.75, 3.05) is 40.3 Å². The number of nitrogens with one attached hydrogen (secondary N) is 1. The molecular formula is C16H27N3. The van der Waals surface area contributed by atoms with Gasteiger partial charge in [0.05, 0.1) is 0 Å². The Balaban J connectivity index is 1.76. The number of likely N-dealkylation sites (N-methyl/N-ethyl adjacent to an activating group) is 1. The number of hydrogen-bond donors (Lipinski definition) is 1. The highest BCUT2D eigenvalue weighted by molar-refractivity contribution is 5.21. The third kappa shape index (κ3) is 4.60. The third-order valence-corrected chi connectivity index (χ3v) is 4.02. The highest BCUT2D eigenvalue weighted by atomic mass is 15.2. The highest BCUT2D eigenvalue weighted by Gasteiger charge is 2.18. The van der Waals surface area contributed by atoms with E-state index in [2.05, 4.69) is 60.4 Å². The molecule has 0 radical (unpaired) electrons. The van der Waals surface area contributed by atoms with Crippen LogP contribution in [0.2, 0.25) is 0 Å². The minimum absolute atomic E-state index is 0.689. The number of piperazine rings is 1. The Morgan fingerprint density at radius 2 is 2.26 bits per heavy atom. The van der Waals surface area contributed by atoms with Crippen molar-refractivity contribution in [3.05, 3.63) is 35.4 Å². The van der Waals surface area contributed by atoms with Gasteiger partial charge in [0.15, 0.2) is 0 Å². The van der Waals surface area contributed by atoms with Gasteiger partial charge >= 0.3 is 0 Å². The molecule has 1 unspecified atom stereocenters. The molecule has 3 heteroatoms. The van der Waals surface area contributed by atoms with Gasteiger partial charge in [0, 0.05) is 32.2 Å². The molecule has 0 aromatic heterocycles. The van der Waals surface area contributed by atoms with E-state index >= 15 is 0 Å². The molecule has 0 amide bonds. The molecule has 1 N–H and O–H groups in total. The van der Waals surface area contributed by atoms with Crippen molar-refractivity contribution < 1.29 is 0 Å². The number of nitrogens with zero attached hydrogens (tertiary/aromatic N) is 2. The summed E-state index contributed by atoms with van der Waals surface area (Å²) in [6.45, 7) is 7.80. The first kappa shape index (κ1) is 14.5. The topological polar surface area (TPSA) is 18.5 Å². The van der Waals surface area contributed by atoms with Gasteiger partial charge in [-0.05, 0) is 39.5 Å². The molecular weight excluding hydrogens is 234 g/mol. The molecule has 2 rings (SSSR count). The average molecular weight is 261 g/mol. The third-order valence-electron chi connectivity index (χ3n) is 4.02. The summed E-state index contributed by atoms with van der Waals surface area (Å²) in [5.74, 6) is 0. The van der Waals surface area contributed by atoms with Gasteiger partial charge in [-0.2, -0.15) is 0 Å². The van der Waals surface area contributed by atoms with Crippen LogP contribution in [0.5, 0.6) is 0 Å². The standard InChI is InChI=1S/C16H27N3/c1-14-5-4-6-15(11-14)13-18(2)9-7-16-12-17-8-10-19(16)3/h4-6,11,16-17H,7-10,12-13H2,1-3H3. The van der Waals surface area contributed by atoms with Crippen LogP contribution in [0.4, 0.5) is 0 Å². The zero-order valence-corrected chi connectivity index (χ0v) is 12.5. The average Bonchev–Trinajstić information content (AvgIpc) is 2.38. The molecule has 106 valence electrons. The zero-order valence-electron chi connectivity index (χ0n) is 12.5. The van der Waals surface area contributed by atoms with Crippen molar-refractivity contribution >= 4 is 0 Å². The lowest BCUT2D eigenvalue weighted by molar-refractivity contribution is 0.171. The first-order valence-corrected chi connectivity index (χ1v) is 7.30. The lowest BCUT2D eigenvalue weighted by atomic mass is 10.1. The largest absolute Gasteiger partial charge is 0.314 e. The maximum absolute atomic E-state index is 3.49. The van der Waals surface area contributed by atoms with Crippen LogP contribution in [0.3, 0.4) is 0 Å². The summed E-state index contributed by atoms with van der Waals surface area (Å²) in [5, 5.41) is 3.49. The summed E-state index contributed by atoms with van der Waals surface area (Å²) < 4.78 is 0. The molecule has 0 bridgehead atoms. The fraction of sp³-hybridized carbons (Fsp3) is 0.625. The fourth-order valence-electron chi connectivity index (χ4n) is 2.76. The van der Waals surface area contributed by atoms with Crippen LogP contribution < -0.4 is 5.32 Å². The zero-order chi connectivity index (χ0) is 13.7. The Kier molecular flexibility index (Phi) is 5.37. The predicted octanol–water partition coefficient (Wildman–Crippen LogP) is 1.72. The SMILES string of the molecule is Cc1cccc(CN(C)CCC2CNCCN2C)c1. The summed E-state index contributed by atoms with van der Waals surface area (Å²) in [6.07, 6.45) is 1.24. The lowest BCUT2D eigenvalue weighted by Gasteiger charge is -2.34. The molecule has 0 aliphatic carbocycles. The first-order chi connectivity index (χ1) is 9.15. The highest BCUT2D eigenvalue weighted by Crippen LogP contribution is 2.09. The lowest BCUT2D eigenvalue weighted by Crippen LogP contribution is -2.50. The predicted molar refractivity (Wildman–Crippen MR) is 81.4 cm³/mol. The summed E-state index contributed by atoms with van der Waals surface area (Å²) in [7, 11) is 4.46. The second-order valence-corrected chi connectivity index (χ2v) is 5.85. The van der Waals surface area contributed by atoms with E-state index in [-0.39, 0.29) is 0 Å². The van der Waals surface area contributed by atoms with E-state index in [1.165, 1.54) is 24.1 Å². The molecule has 1 fully saturated rings. The van der Waals surface area contributed by atoms with Crippen LogP contribution in [0.15, 0.2) is 24.3 Å². The molecule has 1 heterocycles. The number of benzene rings is 1. The van der Waals surface area contributed by atoms with E-state index < -0.39 is 0 Å². The second-order valence-electron chi connectivity index (χ2n) is 5.85. The van der Waals surface area contributed by atoms with Gasteiger partial charge in [0.25, 0.3) is 0 Å². The Morgan fingerprint density at radius 3 is 3.00 bits per heavy atom. The molecule has 3 nitrogen and oxygen atoms in total. The van der Waals surface area contributed by atoms with E-state index in [0.717, 1.165) is 26.2 Å². The molecule has 1 atom stereocenters. The van der Waals surface area contributed by atoms with Crippen LogP contribution in [0, 0.1) is 6.92 Å². The van der Waals surface area contributed by atoms with E-state index in [4.69, 9.17) is 0 Å². The van der Waals surface area contributed by atoms with Crippen molar-refractivity contribution in [2.45, 2.75) is 25.9 Å². The van der Waals surface area contributed by atoms with Crippen molar-refractivity contribution in [1.82, 2.24) is 15.1 Å². The van der Waals surface area contributed by atoms with Crippen molar-refractivity contribution in [3.63, 3.8) is 0 Å². The van der Waals surface area contributed by atoms with Gasteiger partial charge in [-0.15, -0.1) is 0 Å². The fourth-order valence-corrected chi connectivity index (χ4v) is 2.76. The van der Waals surface area contributed by atoms with E-state index in [0.29, 0.717) is 6.04 Å². The number of aryl methyl sites for hydroxylation is 1. The summed E-state index contributed by atoms with van der Waals surface area (Å²) >= 11 is 0. The van der Waals surface area contributed by atoms with Gasteiger partial charge in [0.2, 0.25) is 0 Å². The van der Waals surface area contributed by atoms with E-state index in [1.807, 2.05) is 0 Å². The minimum atomic E-state index is 0.689. The van der Waals surface area contributed by atoms with Crippen LogP contribution in [-0.2, 0) is 6.54 Å². The first-order valence-electron chi connectivity index (χ1n) is 7.30. The molecule has 0 saturated carbocycles. The summed E-state index contributed by atoms with van der Waals surface area (Å²) in [6, 6.07) is 9.50. The monoisotopic (exact) mass is 261 g/mol. The molecule has 0 spiro atoms. The van der Waals surface area contributed by atoms with Gasteiger partial charge in [0.1, 0.15) is 0 Å². The number of hydrogen-bond acceptors (Lipinski definition) is 3. The second kappa shape index (κ2) is 7.04. The molecule has 1 saturated heterocycles. The number of rotatable bonds is 5. The van der Waals surface area contributed by atoms with Crippen LogP contribution >= 0.6 is 0 Å². The maximum Gasteiger partial charge on any atom is 0.0230 e. The van der Waals surface area contributed by atoms with Gasteiger partial charge < -0.3 is 15.1 Å². The normalized spacial score (nSPS) is 20.9. The molecule has 1 aliphatic rings. The van der Waals surface area contributed by atoms with Crippen LogP contribution in [0.1, 0.15) is 17.5 Å². The molecule has 1 aromatic rings. The molecule has 1 aromatic carbocycles. The summed E-state index contributed by atoms with van der Waals surface area (Å²) in [4.78, 5) is 4.91. The van der Waals surface area contributed by atoms with Crippen molar-refractivity contribution in [1.29, 1.82) is 0 Å². The van der Waals surface area contributed by atoms with Crippen LogP contribution in [-0.4, -0.2) is 56.1 Å². The Hall–Kier alpha value is -0.900. The molecule has 1 aliphatic heterocycles. The van der Waals surface area contributed by atoms with E-state index in [9.17, 15) is 0 Å². The minimum Gasteiger partial charge on any atom is -0.314 e. The Labute approximate surface area is 117 Å². The van der Waals surface area contributed by atoms with Gasteiger partial charge in [-0.25, -0.2) is 0 Å². The Bertz CT molecular complexity index is 391. The van der Waals surface area contributed by atoms with Gasteiger partial charge in [-0.1, -0.05) is 29.8 Å². The van der Waals surface area contributed by atoms with Crippen molar-refractivity contribution in [2.24, 2.45) is 0 Å². The van der Waals surface area contributed by atoms with Crippen LogP contribution in [0.25, 0.3) is 0 Å². The van der Waals surface area contributed by atoms with Gasteiger partial charge in [-0.3, -0.25) is 0 Å².